The summed E-state index contributed by atoms with van der Waals surface area (Å²) in [5.41, 5.74) is 3.94. The molecule has 1 heterocycles. The molecule has 0 amide bonds. The van der Waals surface area contributed by atoms with Crippen LogP contribution in [0.3, 0.4) is 0 Å². The third-order valence-corrected chi connectivity index (χ3v) is 6.29. The quantitative estimate of drug-likeness (QED) is 0.893. The SMILES string of the molecule is CS(=O)(=O)c1ccc(N2CCCc3ccccc32)c2c1[C@H](O)[C@@H](F)C2. The second-order valence-corrected chi connectivity index (χ2v) is 8.78. The first-order valence-corrected chi connectivity index (χ1v) is 10.3. The van der Waals surface area contributed by atoms with Crippen LogP contribution in [0.4, 0.5) is 15.8 Å². The second kappa shape index (κ2) is 5.81. The number of sulfone groups is 1. The third kappa shape index (κ3) is 2.64. The van der Waals surface area contributed by atoms with Crippen LogP contribution in [-0.4, -0.2) is 32.5 Å². The lowest BCUT2D eigenvalue weighted by Crippen LogP contribution is -2.25. The molecule has 0 aromatic heterocycles. The van der Waals surface area contributed by atoms with Gasteiger partial charge >= 0.3 is 0 Å². The number of para-hydroxylation sites is 1. The molecule has 2 aromatic carbocycles. The number of alkyl halides is 1. The van der Waals surface area contributed by atoms with E-state index in [1.54, 1.807) is 6.07 Å². The molecular formula is C19H20FNO3S. The molecule has 0 radical (unpaired) electrons. The van der Waals surface area contributed by atoms with Gasteiger partial charge in [-0.1, -0.05) is 18.2 Å². The highest BCUT2D eigenvalue weighted by Gasteiger charge is 2.38. The van der Waals surface area contributed by atoms with Gasteiger partial charge in [0.05, 0.1) is 4.90 Å². The summed E-state index contributed by atoms with van der Waals surface area (Å²) >= 11 is 0. The minimum absolute atomic E-state index is 0.0317. The maximum atomic E-state index is 14.3. The van der Waals surface area contributed by atoms with Crippen molar-refractivity contribution >= 4 is 21.2 Å². The van der Waals surface area contributed by atoms with Gasteiger partial charge < -0.3 is 10.0 Å². The summed E-state index contributed by atoms with van der Waals surface area (Å²) in [5, 5.41) is 10.3. The highest BCUT2D eigenvalue weighted by atomic mass is 32.2. The average Bonchev–Trinajstić information content (AvgIpc) is 2.88. The molecule has 1 aliphatic carbocycles. The number of hydrogen-bond donors (Lipinski definition) is 1. The van der Waals surface area contributed by atoms with Crippen molar-refractivity contribution in [1.29, 1.82) is 0 Å². The van der Waals surface area contributed by atoms with Crippen molar-refractivity contribution in [3.8, 4) is 0 Å². The van der Waals surface area contributed by atoms with Crippen molar-refractivity contribution in [2.75, 3.05) is 17.7 Å². The summed E-state index contributed by atoms with van der Waals surface area (Å²) in [7, 11) is -3.54. The Balaban J connectivity index is 1.92. The topological polar surface area (TPSA) is 57.6 Å². The van der Waals surface area contributed by atoms with E-state index in [1.165, 1.54) is 11.6 Å². The standard InChI is InChI=1S/C19H20FNO3S/c1-25(23,24)17-9-8-16(13-11-14(20)19(22)18(13)17)21-10-4-6-12-5-2-3-7-15(12)21/h2-3,5,7-9,14,19,22H,4,6,10-11H2,1H3/t14-,19+/m0/s1. The van der Waals surface area contributed by atoms with Crippen LogP contribution in [-0.2, 0) is 22.7 Å². The molecule has 0 unspecified atom stereocenters. The van der Waals surface area contributed by atoms with Crippen LogP contribution in [0.1, 0.15) is 29.2 Å². The van der Waals surface area contributed by atoms with E-state index < -0.39 is 22.1 Å². The van der Waals surface area contributed by atoms with E-state index in [9.17, 15) is 17.9 Å². The molecule has 1 aliphatic heterocycles. The van der Waals surface area contributed by atoms with Gasteiger partial charge in [0.25, 0.3) is 0 Å². The molecule has 0 spiro atoms. The van der Waals surface area contributed by atoms with Crippen molar-refractivity contribution in [3.05, 3.63) is 53.1 Å². The average molecular weight is 361 g/mol. The molecule has 2 aliphatic rings. The summed E-state index contributed by atoms with van der Waals surface area (Å²) in [6.45, 7) is 0.786. The zero-order valence-electron chi connectivity index (χ0n) is 13.9. The lowest BCUT2D eigenvalue weighted by molar-refractivity contribution is 0.0907. The molecular weight excluding hydrogens is 341 g/mol. The zero-order valence-corrected chi connectivity index (χ0v) is 14.8. The summed E-state index contributed by atoms with van der Waals surface area (Å²) in [6, 6.07) is 11.3. The Morgan fingerprint density at radius 3 is 2.68 bits per heavy atom. The first-order chi connectivity index (χ1) is 11.9. The minimum atomic E-state index is -3.54. The van der Waals surface area contributed by atoms with Crippen molar-refractivity contribution in [2.24, 2.45) is 0 Å². The molecule has 25 heavy (non-hydrogen) atoms. The first-order valence-electron chi connectivity index (χ1n) is 8.41. The summed E-state index contributed by atoms with van der Waals surface area (Å²) in [6.07, 6.45) is 0.229. The van der Waals surface area contributed by atoms with Crippen LogP contribution in [0.15, 0.2) is 41.3 Å². The molecule has 0 fully saturated rings. The lowest BCUT2D eigenvalue weighted by Gasteiger charge is -2.33. The van der Waals surface area contributed by atoms with Crippen LogP contribution < -0.4 is 4.90 Å². The minimum Gasteiger partial charge on any atom is -0.385 e. The number of fused-ring (bicyclic) bond motifs is 2. The Hall–Kier alpha value is -1.92. The van der Waals surface area contributed by atoms with E-state index in [1.807, 2.05) is 18.2 Å². The van der Waals surface area contributed by atoms with Crippen molar-refractivity contribution < 1.29 is 17.9 Å². The van der Waals surface area contributed by atoms with E-state index in [0.717, 1.165) is 37.0 Å². The molecule has 0 saturated carbocycles. The van der Waals surface area contributed by atoms with Crippen molar-refractivity contribution in [1.82, 2.24) is 0 Å². The maximum Gasteiger partial charge on any atom is 0.175 e. The van der Waals surface area contributed by atoms with Crippen LogP contribution in [0, 0.1) is 0 Å². The Morgan fingerprint density at radius 1 is 1.16 bits per heavy atom. The fourth-order valence-corrected chi connectivity index (χ4v) is 4.98. The molecule has 2 aromatic rings. The zero-order chi connectivity index (χ0) is 17.8. The predicted octanol–water partition coefficient (Wildman–Crippen LogP) is 3.10. The van der Waals surface area contributed by atoms with Gasteiger partial charge in [0.15, 0.2) is 9.84 Å². The van der Waals surface area contributed by atoms with Gasteiger partial charge in [0.2, 0.25) is 0 Å². The number of aliphatic hydroxyl groups excluding tert-OH is 1. The fraction of sp³-hybridized carbons (Fsp3) is 0.368. The fourth-order valence-electron chi connectivity index (χ4n) is 4.02. The highest BCUT2D eigenvalue weighted by molar-refractivity contribution is 7.90. The summed E-state index contributed by atoms with van der Waals surface area (Å²) in [4.78, 5) is 2.15. The van der Waals surface area contributed by atoms with Crippen molar-refractivity contribution in [3.63, 3.8) is 0 Å². The van der Waals surface area contributed by atoms with Gasteiger partial charge in [-0.25, -0.2) is 12.8 Å². The molecule has 0 bridgehead atoms. The molecule has 6 heteroatoms. The normalized spacial score (nSPS) is 22.6. The van der Waals surface area contributed by atoms with Crippen LogP contribution in [0.2, 0.25) is 0 Å². The van der Waals surface area contributed by atoms with Gasteiger partial charge in [-0.15, -0.1) is 0 Å². The third-order valence-electron chi connectivity index (χ3n) is 5.13. The Kier molecular flexibility index (Phi) is 3.85. The van der Waals surface area contributed by atoms with Crippen LogP contribution >= 0.6 is 0 Å². The molecule has 0 saturated heterocycles. The first kappa shape index (κ1) is 16.5. The molecule has 4 nitrogen and oxygen atoms in total. The Labute approximate surface area is 146 Å². The number of aliphatic hydroxyl groups is 1. The number of nitrogens with zero attached hydrogens (tertiary/aromatic N) is 1. The van der Waals surface area contributed by atoms with Crippen molar-refractivity contribution in [2.45, 2.75) is 36.4 Å². The molecule has 132 valence electrons. The van der Waals surface area contributed by atoms with Gasteiger partial charge in [-0.3, -0.25) is 0 Å². The van der Waals surface area contributed by atoms with Gasteiger partial charge in [0, 0.05) is 36.2 Å². The van der Waals surface area contributed by atoms with Gasteiger partial charge in [-0.05, 0) is 42.2 Å². The van der Waals surface area contributed by atoms with Crippen LogP contribution in [0.5, 0.6) is 0 Å². The lowest BCUT2D eigenvalue weighted by atomic mass is 9.99. The monoisotopic (exact) mass is 361 g/mol. The number of aryl methyl sites for hydroxylation is 1. The highest BCUT2D eigenvalue weighted by Crippen LogP contribution is 2.45. The van der Waals surface area contributed by atoms with E-state index in [2.05, 4.69) is 11.0 Å². The predicted molar refractivity (Wildman–Crippen MR) is 94.9 cm³/mol. The molecule has 4 rings (SSSR count). The summed E-state index contributed by atoms with van der Waals surface area (Å²) < 4.78 is 38.4. The van der Waals surface area contributed by atoms with Gasteiger partial charge in [-0.2, -0.15) is 0 Å². The smallest absolute Gasteiger partial charge is 0.175 e. The molecule has 1 N–H and O–H groups in total. The molecule has 2 atom stereocenters. The Bertz CT molecular complexity index is 942. The summed E-state index contributed by atoms with van der Waals surface area (Å²) in [5.74, 6) is 0. The van der Waals surface area contributed by atoms with E-state index in [0.29, 0.717) is 5.56 Å². The van der Waals surface area contributed by atoms with E-state index in [-0.39, 0.29) is 16.9 Å². The number of benzene rings is 2. The Morgan fingerprint density at radius 2 is 1.92 bits per heavy atom. The largest absolute Gasteiger partial charge is 0.385 e. The second-order valence-electron chi connectivity index (χ2n) is 6.80. The van der Waals surface area contributed by atoms with Crippen LogP contribution in [0.25, 0.3) is 0 Å². The number of anilines is 2. The van der Waals surface area contributed by atoms with E-state index >= 15 is 0 Å². The number of rotatable bonds is 2. The number of hydrogen-bond acceptors (Lipinski definition) is 4. The van der Waals surface area contributed by atoms with E-state index in [4.69, 9.17) is 0 Å². The van der Waals surface area contributed by atoms with Gasteiger partial charge in [0.1, 0.15) is 12.3 Å². The number of halogens is 1. The maximum absolute atomic E-state index is 14.3.